The van der Waals surface area contributed by atoms with Crippen molar-refractivity contribution in [2.75, 3.05) is 9.80 Å². The molecule has 0 aliphatic heterocycles. The summed E-state index contributed by atoms with van der Waals surface area (Å²) in [6.07, 6.45) is 4.92. The molecule has 0 unspecified atom stereocenters. The largest absolute Gasteiger partial charge is 0.310 e. The second kappa shape index (κ2) is 14.8. The van der Waals surface area contributed by atoms with Crippen LogP contribution in [0.2, 0.25) is 0 Å². The zero-order valence-electron chi connectivity index (χ0n) is 40.3. The second-order valence-electron chi connectivity index (χ2n) is 22.4. The molecule has 0 heterocycles. The molecule has 0 saturated heterocycles. The van der Waals surface area contributed by atoms with E-state index >= 15 is 0 Å². The predicted molar refractivity (Wildman–Crippen MR) is 267 cm³/mol. The van der Waals surface area contributed by atoms with Crippen molar-refractivity contribution in [2.45, 2.75) is 144 Å². The van der Waals surface area contributed by atoms with E-state index in [9.17, 15) is 0 Å². The van der Waals surface area contributed by atoms with Crippen LogP contribution in [0.5, 0.6) is 0 Å². The van der Waals surface area contributed by atoms with Gasteiger partial charge in [-0.2, -0.15) is 0 Å². The summed E-state index contributed by atoms with van der Waals surface area (Å²) in [7, 11) is 0. The fraction of sp³-hybridized carbons (Fsp3) is 0.400. The van der Waals surface area contributed by atoms with Crippen molar-refractivity contribution in [3.8, 4) is 11.1 Å². The van der Waals surface area contributed by atoms with E-state index in [1.165, 1.54) is 115 Å². The Hall–Kier alpha value is -5.08. The number of rotatable bonds is 6. The Balaban J connectivity index is 1.27. The summed E-state index contributed by atoms with van der Waals surface area (Å²) in [5, 5.41) is 0. The monoisotopic (exact) mass is 819 g/mol. The van der Waals surface area contributed by atoms with Crippen molar-refractivity contribution < 1.29 is 0 Å². The molecule has 0 radical (unpaired) electrons. The molecule has 0 N–H and O–H groups in total. The minimum atomic E-state index is 0.0663. The van der Waals surface area contributed by atoms with Crippen LogP contribution in [0.25, 0.3) is 11.1 Å². The molecule has 320 valence electrons. The standard InChI is InChI=1S/C60H70N2/c1-37-15-19-47(20-16-37)61(55-41(5)27-45(28-42(55)6)57(9,10)11)49-23-25-51-52-26-24-50(32-54(52)60-35-39(3)33-59(60,53(51)31-49)34-40(4)36-60)62(48-21-17-38(2)18-22-48)56-43(7)29-46(30-44(56)8)58(12,13)14/h15-32,39-40H,33-36H2,1-14H3. The van der Waals surface area contributed by atoms with Gasteiger partial charge in [0.25, 0.3) is 0 Å². The summed E-state index contributed by atoms with van der Waals surface area (Å²) in [5.74, 6) is 1.28. The van der Waals surface area contributed by atoms with E-state index in [-0.39, 0.29) is 21.7 Å². The Morgan fingerprint density at radius 3 is 0.984 bits per heavy atom. The van der Waals surface area contributed by atoms with Crippen LogP contribution in [0, 0.1) is 53.4 Å². The SMILES string of the molecule is Cc1ccc(N(c2ccc3c(c2)C24CC(C)CC2(CC(C)C4)c2cc(N(c4ccc(C)cc4)c4c(C)cc(C(C)(C)C)cc4C)ccc2-3)c2c(C)cc(C(C)(C)C)cc2C)cc1. The topological polar surface area (TPSA) is 6.48 Å². The molecule has 2 heteroatoms. The van der Waals surface area contributed by atoms with Crippen LogP contribution in [0.3, 0.4) is 0 Å². The summed E-state index contributed by atoms with van der Waals surface area (Å²) >= 11 is 0. The lowest BCUT2D eigenvalue weighted by Gasteiger charge is -2.48. The molecule has 6 aromatic rings. The number of anilines is 6. The van der Waals surface area contributed by atoms with Gasteiger partial charge in [0.2, 0.25) is 0 Å². The first-order chi connectivity index (χ1) is 29.2. The fourth-order valence-electron chi connectivity index (χ4n) is 12.7. The lowest BCUT2D eigenvalue weighted by Crippen LogP contribution is -2.43. The Kier molecular flexibility index (Phi) is 10.0. The summed E-state index contributed by atoms with van der Waals surface area (Å²) in [4.78, 5) is 5.14. The number of hydrogen-bond acceptors (Lipinski definition) is 2. The maximum atomic E-state index is 2.65. The zero-order chi connectivity index (χ0) is 44.3. The minimum Gasteiger partial charge on any atom is -0.310 e. The molecule has 0 bridgehead atoms. The molecule has 0 aromatic heterocycles. The van der Waals surface area contributed by atoms with E-state index in [2.05, 4.69) is 216 Å². The van der Waals surface area contributed by atoms with Gasteiger partial charge in [0, 0.05) is 33.6 Å². The molecule has 6 aromatic carbocycles. The number of nitrogens with zero attached hydrogens (tertiary/aromatic N) is 2. The molecular weight excluding hydrogens is 749 g/mol. The van der Waals surface area contributed by atoms with Gasteiger partial charge >= 0.3 is 0 Å². The van der Waals surface area contributed by atoms with Crippen LogP contribution in [-0.2, 0) is 21.7 Å². The van der Waals surface area contributed by atoms with Crippen molar-refractivity contribution >= 4 is 34.1 Å². The first-order valence-electron chi connectivity index (χ1n) is 23.5. The van der Waals surface area contributed by atoms with E-state index in [1.54, 1.807) is 11.1 Å². The van der Waals surface area contributed by atoms with Gasteiger partial charge in [-0.25, -0.2) is 0 Å². The summed E-state index contributed by atoms with van der Waals surface area (Å²) in [6.45, 7) is 32.7. The highest BCUT2D eigenvalue weighted by Gasteiger charge is 2.65. The number of hydrogen-bond donors (Lipinski definition) is 0. The van der Waals surface area contributed by atoms with Crippen molar-refractivity contribution in [2.24, 2.45) is 11.8 Å². The molecule has 0 spiro atoms. The van der Waals surface area contributed by atoms with Crippen molar-refractivity contribution in [1.29, 1.82) is 0 Å². The first kappa shape index (κ1) is 42.2. The second-order valence-corrected chi connectivity index (χ2v) is 22.4. The van der Waals surface area contributed by atoms with Gasteiger partial charge in [-0.15, -0.1) is 0 Å². The molecule has 62 heavy (non-hydrogen) atoms. The third-order valence-electron chi connectivity index (χ3n) is 15.3. The summed E-state index contributed by atoms with van der Waals surface area (Å²) in [6, 6.07) is 43.2. The summed E-state index contributed by atoms with van der Waals surface area (Å²) in [5.41, 5.74) is 24.4. The van der Waals surface area contributed by atoms with Gasteiger partial charge in [0.1, 0.15) is 0 Å². The van der Waals surface area contributed by atoms with Crippen LogP contribution < -0.4 is 9.80 Å². The third kappa shape index (κ3) is 6.74. The summed E-state index contributed by atoms with van der Waals surface area (Å²) < 4.78 is 0. The number of fused-ring (bicyclic) bond motifs is 3. The third-order valence-corrected chi connectivity index (χ3v) is 15.3. The fourth-order valence-corrected chi connectivity index (χ4v) is 12.7. The van der Waals surface area contributed by atoms with Crippen LogP contribution in [-0.4, -0.2) is 0 Å². The molecular formula is C60H70N2. The first-order valence-corrected chi connectivity index (χ1v) is 23.5. The molecule has 2 saturated carbocycles. The van der Waals surface area contributed by atoms with Crippen LogP contribution in [0.1, 0.15) is 137 Å². The molecule has 2 fully saturated rings. The highest BCUT2D eigenvalue weighted by atomic mass is 15.2. The van der Waals surface area contributed by atoms with Gasteiger partial charge in [0.15, 0.2) is 0 Å². The van der Waals surface area contributed by atoms with Gasteiger partial charge in [-0.05, 0) is 194 Å². The van der Waals surface area contributed by atoms with Crippen molar-refractivity contribution in [3.05, 3.63) is 165 Å². The molecule has 3 aliphatic carbocycles. The maximum absolute atomic E-state index is 2.65. The Morgan fingerprint density at radius 2 is 0.694 bits per heavy atom. The van der Waals surface area contributed by atoms with Gasteiger partial charge in [-0.1, -0.05) is 127 Å². The predicted octanol–water partition coefficient (Wildman–Crippen LogP) is 17.1. The van der Waals surface area contributed by atoms with E-state index < -0.39 is 0 Å². The normalized spacial score (nSPS) is 21.6. The lowest BCUT2D eigenvalue weighted by atomic mass is 9.55. The van der Waals surface area contributed by atoms with Crippen molar-refractivity contribution in [1.82, 2.24) is 0 Å². The molecule has 9 rings (SSSR count). The maximum Gasteiger partial charge on any atom is 0.0520 e. The van der Waals surface area contributed by atoms with Gasteiger partial charge < -0.3 is 9.80 Å². The number of benzene rings is 6. The average Bonchev–Trinajstić information content (AvgIpc) is 3.65. The van der Waals surface area contributed by atoms with Crippen LogP contribution in [0.4, 0.5) is 34.1 Å². The molecule has 2 nitrogen and oxygen atoms in total. The lowest BCUT2D eigenvalue weighted by molar-refractivity contribution is 0.299. The Labute approximate surface area is 374 Å². The average molecular weight is 819 g/mol. The Bertz CT molecular complexity index is 2450. The molecule has 0 amide bonds. The van der Waals surface area contributed by atoms with E-state index in [4.69, 9.17) is 0 Å². The highest BCUT2D eigenvalue weighted by Crippen LogP contribution is 2.72. The van der Waals surface area contributed by atoms with E-state index in [0.717, 1.165) is 0 Å². The molecule has 0 atom stereocenters. The Morgan fingerprint density at radius 1 is 0.403 bits per heavy atom. The van der Waals surface area contributed by atoms with Crippen LogP contribution in [0.15, 0.2) is 109 Å². The minimum absolute atomic E-state index is 0.0663. The number of aryl methyl sites for hydroxylation is 6. The smallest absolute Gasteiger partial charge is 0.0520 e. The van der Waals surface area contributed by atoms with Crippen molar-refractivity contribution in [3.63, 3.8) is 0 Å². The molecule has 3 aliphatic rings. The quantitative estimate of drug-likeness (QED) is 0.165. The zero-order valence-corrected chi connectivity index (χ0v) is 40.3. The van der Waals surface area contributed by atoms with Crippen LogP contribution >= 0.6 is 0 Å². The van der Waals surface area contributed by atoms with Gasteiger partial charge in [0.05, 0.1) is 11.4 Å². The highest BCUT2D eigenvalue weighted by molar-refractivity contribution is 5.89. The van der Waals surface area contributed by atoms with Gasteiger partial charge in [-0.3, -0.25) is 0 Å². The van der Waals surface area contributed by atoms with E-state index in [1.807, 2.05) is 0 Å². The van der Waals surface area contributed by atoms with E-state index in [0.29, 0.717) is 11.8 Å².